The molecule has 4 rings (SSSR count). The van der Waals surface area contributed by atoms with Gasteiger partial charge in [-0.05, 0) is 54.7 Å². The Morgan fingerprint density at radius 1 is 0.943 bits per heavy atom. The van der Waals surface area contributed by atoms with Gasteiger partial charge in [0.05, 0.1) is 17.1 Å². The van der Waals surface area contributed by atoms with Gasteiger partial charge in [-0.2, -0.15) is 4.31 Å². The van der Waals surface area contributed by atoms with Crippen molar-refractivity contribution in [2.75, 3.05) is 4.90 Å². The van der Waals surface area contributed by atoms with Gasteiger partial charge in [0.2, 0.25) is 15.9 Å². The van der Waals surface area contributed by atoms with Crippen LogP contribution in [-0.2, 0) is 19.6 Å². The molecule has 1 aliphatic heterocycles. The lowest BCUT2D eigenvalue weighted by atomic mass is 10.0. The number of carbonyl (C=O) groups excluding carboxylic acids is 2. The molecule has 2 fully saturated rings. The van der Waals surface area contributed by atoms with Gasteiger partial charge in [0, 0.05) is 11.1 Å². The third kappa shape index (κ3) is 5.29. The number of carbonyl (C=O) groups is 2. The van der Waals surface area contributed by atoms with Crippen LogP contribution in [0.4, 0.5) is 5.69 Å². The zero-order valence-corrected chi connectivity index (χ0v) is 22.2. The second-order valence-electron chi connectivity index (χ2n) is 9.59. The van der Waals surface area contributed by atoms with Gasteiger partial charge in [-0.25, -0.2) is 13.3 Å². The van der Waals surface area contributed by atoms with Gasteiger partial charge >= 0.3 is 0 Å². The molecule has 188 valence electrons. The summed E-state index contributed by atoms with van der Waals surface area (Å²) in [5, 5.41) is 0.264. The maximum atomic E-state index is 14.0. The average Bonchev–Trinajstić information content (AvgIpc) is 2.97. The predicted molar refractivity (Wildman–Crippen MR) is 138 cm³/mol. The number of halogens is 2. The minimum atomic E-state index is -4.22. The van der Waals surface area contributed by atoms with Crippen molar-refractivity contribution in [1.29, 1.82) is 0 Å². The van der Waals surface area contributed by atoms with E-state index in [0.717, 1.165) is 36.1 Å². The summed E-state index contributed by atoms with van der Waals surface area (Å²) in [5.74, 6) is -0.637. The molecule has 1 saturated carbocycles. The number of nitrogens with zero attached hydrogens (tertiary/aromatic N) is 2. The van der Waals surface area contributed by atoms with E-state index < -0.39 is 33.9 Å². The zero-order chi connectivity index (χ0) is 25.3. The lowest BCUT2D eigenvalue weighted by Crippen LogP contribution is -2.50. The van der Waals surface area contributed by atoms with Crippen molar-refractivity contribution in [3.63, 3.8) is 0 Å². The van der Waals surface area contributed by atoms with Gasteiger partial charge in [0.15, 0.2) is 0 Å². The summed E-state index contributed by atoms with van der Waals surface area (Å²) in [7, 11) is -4.22. The lowest BCUT2D eigenvalue weighted by Gasteiger charge is -2.34. The van der Waals surface area contributed by atoms with Gasteiger partial charge in [-0.15, -0.1) is 0 Å². The number of benzene rings is 2. The van der Waals surface area contributed by atoms with Crippen LogP contribution in [0.2, 0.25) is 10.0 Å². The van der Waals surface area contributed by atoms with E-state index in [1.807, 2.05) is 12.1 Å². The predicted octanol–water partition coefficient (Wildman–Crippen LogP) is 6.16. The molecule has 0 N–H and O–H groups in total. The first-order valence-corrected chi connectivity index (χ1v) is 14.3. The molecule has 0 spiro atoms. The van der Waals surface area contributed by atoms with Crippen LogP contribution in [0, 0.1) is 0 Å². The number of amides is 2. The fourth-order valence-electron chi connectivity index (χ4n) is 5.01. The number of rotatable bonds is 6. The molecule has 35 heavy (non-hydrogen) atoms. The molecule has 1 aliphatic carbocycles. The van der Waals surface area contributed by atoms with Gasteiger partial charge in [-0.1, -0.05) is 74.9 Å². The van der Waals surface area contributed by atoms with Crippen molar-refractivity contribution >= 4 is 50.7 Å². The number of anilines is 1. The maximum Gasteiger partial charge on any atom is 0.252 e. The molecule has 9 heteroatoms. The number of imide groups is 1. The first-order valence-electron chi connectivity index (χ1n) is 12.1. The number of sulfonamides is 1. The lowest BCUT2D eigenvalue weighted by molar-refractivity contribution is -0.122. The first-order chi connectivity index (χ1) is 16.6. The monoisotopic (exact) mass is 536 g/mol. The second-order valence-corrected chi connectivity index (χ2v) is 12.2. The van der Waals surface area contributed by atoms with Gasteiger partial charge in [0.25, 0.3) is 5.91 Å². The molecule has 2 aliphatic rings. The number of hydrogen-bond acceptors (Lipinski definition) is 4. The summed E-state index contributed by atoms with van der Waals surface area (Å²) >= 11 is 12.4. The van der Waals surface area contributed by atoms with Crippen molar-refractivity contribution < 1.29 is 18.0 Å². The third-order valence-corrected chi connectivity index (χ3v) is 9.56. The van der Waals surface area contributed by atoms with Crippen LogP contribution in [0.5, 0.6) is 0 Å². The van der Waals surface area contributed by atoms with Gasteiger partial charge in [-0.3, -0.25) is 9.59 Å². The Morgan fingerprint density at radius 2 is 1.57 bits per heavy atom. The third-order valence-electron chi connectivity index (χ3n) is 6.88. The first kappa shape index (κ1) is 26.1. The SMILES string of the molecule is CC(C)c1ccc(N2C(=O)CC(N(C3CCCCCC3)S(=O)(=O)c3cc(Cl)ccc3Cl)C2=O)cc1. The molecule has 2 aromatic rings. The van der Waals surface area contributed by atoms with E-state index in [2.05, 4.69) is 13.8 Å². The van der Waals surface area contributed by atoms with Crippen LogP contribution in [0.15, 0.2) is 47.4 Å². The van der Waals surface area contributed by atoms with Crippen molar-refractivity contribution in [3.05, 3.63) is 58.1 Å². The summed E-state index contributed by atoms with van der Waals surface area (Å²) in [4.78, 5) is 27.7. The van der Waals surface area contributed by atoms with Crippen molar-refractivity contribution in [2.24, 2.45) is 0 Å². The normalized spacial score (nSPS) is 20.2. The number of hydrogen-bond donors (Lipinski definition) is 0. The highest BCUT2D eigenvalue weighted by Gasteiger charge is 2.49. The highest BCUT2D eigenvalue weighted by molar-refractivity contribution is 7.89. The molecule has 0 aromatic heterocycles. The fraction of sp³-hybridized carbons (Fsp3) is 0.462. The Labute approximate surface area is 217 Å². The second kappa shape index (κ2) is 10.6. The largest absolute Gasteiger partial charge is 0.274 e. The Kier molecular flexibility index (Phi) is 7.91. The summed E-state index contributed by atoms with van der Waals surface area (Å²) in [6, 6.07) is 10.00. The van der Waals surface area contributed by atoms with Crippen LogP contribution in [-0.4, -0.2) is 36.6 Å². The van der Waals surface area contributed by atoms with E-state index in [-0.39, 0.29) is 21.4 Å². The quantitative estimate of drug-likeness (QED) is 0.327. The summed E-state index contributed by atoms with van der Waals surface area (Å²) < 4.78 is 29.3. The molecule has 2 amide bonds. The molecular weight excluding hydrogens is 507 g/mol. The summed E-state index contributed by atoms with van der Waals surface area (Å²) in [6.45, 7) is 4.13. The summed E-state index contributed by atoms with van der Waals surface area (Å²) in [6.07, 6.45) is 4.77. The van der Waals surface area contributed by atoms with Gasteiger partial charge in [0.1, 0.15) is 10.9 Å². The maximum absolute atomic E-state index is 14.0. The Bertz CT molecular complexity index is 1210. The molecule has 1 atom stereocenters. The van der Waals surface area contributed by atoms with E-state index in [1.165, 1.54) is 22.5 Å². The average molecular weight is 538 g/mol. The molecule has 1 unspecified atom stereocenters. The van der Waals surface area contributed by atoms with Crippen LogP contribution in [0.3, 0.4) is 0 Å². The zero-order valence-electron chi connectivity index (χ0n) is 19.9. The molecule has 2 aromatic carbocycles. The Morgan fingerprint density at radius 3 is 2.17 bits per heavy atom. The van der Waals surface area contributed by atoms with E-state index in [1.54, 1.807) is 12.1 Å². The van der Waals surface area contributed by atoms with Crippen molar-refractivity contribution in [1.82, 2.24) is 4.31 Å². The molecule has 6 nitrogen and oxygen atoms in total. The molecule has 1 heterocycles. The van der Waals surface area contributed by atoms with Crippen LogP contribution >= 0.6 is 23.2 Å². The smallest absolute Gasteiger partial charge is 0.252 e. The highest BCUT2D eigenvalue weighted by atomic mass is 35.5. The minimum Gasteiger partial charge on any atom is -0.274 e. The molecule has 0 bridgehead atoms. The summed E-state index contributed by atoms with van der Waals surface area (Å²) in [5.41, 5.74) is 1.54. The van der Waals surface area contributed by atoms with Crippen LogP contribution < -0.4 is 4.90 Å². The van der Waals surface area contributed by atoms with Crippen molar-refractivity contribution in [2.45, 2.75) is 81.7 Å². The minimum absolute atomic E-state index is 0.0333. The topological polar surface area (TPSA) is 74.8 Å². The molecular formula is C26H30Cl2N2O4S. The van der Waals surface area contributed by atoms with Crippen LogP contribution in [0.25, 0.3) is 0 Å². The van der Waals surface area contributed by atoms with Gasteiger partial charge < -0.3 is 0 Å². The Hall–Kier alpha value is -1.93. The fourth-order valence-corrected chi connectivity index (χ4v) is 7.58. The molecule has 1 saturated heterocycles. The van der Waals surface area contributed by atoms with E-state index >= 15 is 0 Å². The highest BCUT2D eigenvalue weighted by Crippen LogP contribution is 2.37. The standard InChI is InChI=1S/C26H30Cl2N2O4S/c1-17(2)18-9-12-20(13-10-18)29-25(31)16-23(26(29)32)30(21-7-5-3-4-6-8-21)35(33,34)24-15-19(27)11-14-22(24)28/h9-15,17,21,23H,3-8,16H2,1-2H3. The molecule has 0 radical (unpaired) electrons. The van der Waals surface area contributed by atoms with E-state index in [9.17, 15) is 18.0 Å². The Balaban J connectivity index is 1.75. The van der Waals surface area contributed by atoms with E-state index in [4.69, 9.17) is 23.2 Å². The van der Waals surface area contributed by atoms with Crippen molar-refractivity contribution in [3.8, 4) is 0 Å². The van der Waals surface area contributed by atoms with Crippen LogP contribution in [0.1, 0.15) is 70.3 Å². The van der Waals surface area contributed by atoms with E-state index in [0.29, 0.717) is 24.4 Å².